The van der Waals surface area contributed by atoms with Crippen LogP contribution in [0.4, 0.5) is 0 Å². The van der Waals surface area contributed by atoms with Gasteiger partial charge in [-0.05, 0) is 24.6 Å². The van der Waals surface area contributed by atoms with Crippen molar-refractivity contribution in [2.75, 3.05) is 33.2 Å². The molecule has 0 N–H and O–H groups in total. The van der Waals surface area contributed by atoms with E-state index in [-0.39, 0.29) is 0 Å². The summed E-state index contributed by atoms with van der Waals surface area (Å²) in [7, 11) is 2.11. The summed E-state index contributed by atoms with van der Waals surface area (Å²) in [6.07, 6.45) is 5.47. The third-order valence-electron chi connectivity index (χ3n) is 5.18. The molecule has 2 aliphatic rings. The van der Waals surface area contributed by atoms with Crippen molar-refractivity contribution in [3.8, 4) is 0 Å². The Kier molecular flexibility index (Phi) is 5.16. The number of aromatic nitrogens is 2. The summed E-state index contributed by atoms with van der Waals surface area (Å²) in [5.74, 6) is 1.04. The first-order valence-corrected chi connectivity index (χ1v) is 9.50. The molecule has 3 heterocycles. The van der Waals surface area contributed by atoms with Crippen LogP contribution in [0.3, 0.4) is 0 Å². The first kappa shape index (κ1) is 17.7. The van der Waals surface area contributed by atoms with Gasteiger partial charge < -0.3 is 9.80 Å². The van der Waals surface area contributed by atoms with Gasteiger partial charge in [0.25, 0.3) is 0 Å². The lowest BCUT2D eigenvalue weighted by atomic mass is 10.1. The molecule has 0 radical (unpaired) electrons. The molecule has 2 aromatic rings. The molecular weight excluding hydrogens is 336 g/mol. The Bertz CT molecular complexity index is 817. The van der Waals surface area contributed by atoms with E-state index in [0.29, 0.717) is 6.04 Å². The summed E-state index contributed by atoms with van der Waals surface area (Å²) in [5, 5.41) is 0. The number of guanidine groups is 1. The van der Waals surface area contributed by atoms with Crippen molar-refractivity contribution in [2.45, 2.75) is 19.5 Å². The summed E-state index contributed by atoms with van der Waals surface area (Å²) in [6.45, 7) is 7.19. The number of rotatable bonds is 3. The topological polar surface area (TPSA) is 47.9 Å². The molecule has 0 saturated carbocycles. The summed E-state index contributed by atoms with van der Waals surface area (Å²) < 4.78 is 0. The Morgan fingerprint density at radius 3 is 2.70 bits per heavy atom. The van der Waals surface area contributed by atoms with Crippen LogP contribution in [0.15, 0.2) is 60.0 Å². The monoisotopic (exact) mass is 362 g/mol. The van der Waals surface area contributed by atoms with Crippen molar-refractivity contribution in [1.29, 1.82) is 0 Å². The Labute approximate surface area is 160 Å². The van der Waals surface area contributed by atoms with E-state index in [4.69, 9.17) is 4.99 Å². The number of aliphatic imine (C=N–C) groups is 1. The number of hydrogen-bond donors (Lipinski definition) is 0. The first-order valence-electron chi connectivity index (χ1n) is 9.50. The Morgan fingerprint density at radius 1 is 1.11 bits per heavy atom. The fourth-order valence-electron chi connectivity index (χ4n) is 3.75. The van der Waals surface area contributed by atoms with Crippen LogP contribution < -0.4 is 0 Å². The molecule has 0 aliphatic carbocycles. The summed E-state index contributed by atoms with van der Waals surface area (Å²) in [5.41, 5.74) is 3.19. The van der Waals surface area contributed by atoms with Gasteiger partial charge in [-0.15, -0.1) is 0 Å². The van der Waals surface area contributed by atoms with Crippen LogP contribution in [-0.4, -0.2) is 69.9 Å². The van der Waals surface area contributed by atoms with Crippen molar-refractivity contribution in [2.24, 2.45) is 4.99 Å². The van der Waals surface area contributed by atoms with Gasteiger partial charge in [0, 0.05) is 52.0 Å². The molecule has 0 bridgehead atoms. The van der Waals surface area contributed by atoms with Gasteiger partial charge in [0.05, 0.1) is 11.4 Å². The maximum atomic E-state index is 4.94. The van der Waals surface area contributed by atoms with Crippen LogP contribution in [0.5, 0.6) is 0 Å². The van der Waals surface area contributed by atoms with Gasteiger partial charge >= 0.3 is 0 Å². The smallest absolute Gasteiger partial charge is 0.202 e. The predicted molar refractivity (Wildman–Crippen MR) is 108 cm³/mol. The van der Waals surface area contributed by atoms with E-state index in [0.717, 1.165) is 50.1 Å². The van der Waals surface area contributed by atoms with E-state index in [9.17, 15) is 0 Å². The largest absolute Gasteiger partial charge is 0.342 e. The van der Waals surface area contributed by atoms with Gasteiger partial charge in [-0.3, -0.25) is 4.90 Å². The fraction of sp³-hybridized carbons (Fsp3) is 0.381. The summed E-state index contributed by atoms with van der Waals surface area (Å²) in [6, 6.07) is 13.0. The number of benzene rings is 1. The van der Waals surface area contributed by atoms with Gasteiger partial charge in [0.2, 0.25) is 5.96 Å². The molecule has 0 amide bonds. The minimum Gasteiger partial charge on any atom is -0.342 e. The zero-order valence-electron chi connectivity index (χ0n) is 16.0. The normalized spacial score (nSPS) is 21.0. The van der Waals surface area contributed by atoms with E-state index in [1.54, 1.807) is 12.5 Å². The minimum atomic E-state index is 0.411. The Morgan fingerprint density at radius 2 is 1.96 bits per heavy atom. The third-order valence-corrected chi connectivity index (χ3v) is 5.18. The highest BCUT2D eigenvalue weighted by Gasteiger charge is 2.29. The number of hydrogen-bond acceptors (Lipinski definition) is 6. The van der Waals surface area contributed by atoms with E-state index < -0.39 is 0 Å². The van der Waals surface area contributed by atoms with Gasteiger partial charge in [0.15, 0.2) is 0 Å². The van der Waals surface area contributed by atoms with Crippen LogP contribution in [0.25, 0.3) is 5.70 Å². The maximum Gasteiger partial charge on any atom is 0.202 e. The van der Waals surface area contributed by atoms with Crippen LogP contribution in [0.2, 0.25) is 0 Å². The van der Waals surface area contributed by atoms with E-state index in [1.165, 1.54) is 5.56 Å². The average Bonchev–Trinajstić information content (AvgIpc) is 2.70. The van der Waals surface area contributed by atoms with E-state index in [2.05, 4.69) is 75.0 Å². The van der Waals surface area contributed by atoms with Crippen molar-refractivity contribution >= 4 is 11.7 Å². The van der Waals surface area contributed by atoms with Crippen LogP contribution in [0.1, 0.15) is 18.2 Å². The summed E-state index contributed by atoms with van der Waals surface area (Å²) in [4.78, 5) is 20.5. The molecule has 1 aromatic heterocycles. The van der Waals surface area contributed by atoms with Gasteiger partial charge in [-0.2, -0.15) is 0 Å². The second-order valence-electron chi connectivity index (χ2n) is 7.24. The van der Waals surface area contributed by atoms with Crippen molar-refractivity contribution in [3.63, 3.8) is 0 Å². The molecule has 6 nitrogen and oxygen atoms in total. The molecule has 1 aromatic carbocycles. The number of piperazine rings is 1. The van der Waals surface area contributed by atoms with Gasteiger partial charge in [0.1, 0.15) is 6.33 Å². The zero-order chi connectivity index (χ0) is 18.6. The number of nitrogens with zero attached hydrogens (tertiary/aromatic N) is 6. The molecule has 6 heteroatoms. The van der Waals surface area contributed by atoms with Crippen LogP contribution in [0, 0.1) is 0 Å². The lowest BCUT2D eigenvalue weighted by Crippen LogP contribution is -2.57. The van der Waals surface area contributed by atoms with Crippen molar-refractivity contribution in [1.82, 2.24) is 24.7 Å². The second-order valence-corrected chi connectivity index (χ2v) is 7.24. The molecule has 27 heavy (non-hydrogen) atoms. The molecule has 140 valence electrons. The molecule has 4 rings (SSSR count). The fourth-order valence-corrected chi connectivity index (χ4v) is 3.75. The first-order chi connectivity index (χ1) is 13.2. The molecule has 0 spiro atoms. The van der Waals surface area contributed by atoms with Crippen molar-refractivity contribution < 1.29 is 0 Å². The predicted octanol–water partition coefficient (Wildman–Crippen LogP) is 2.33. The molecule has 0 unspecified atom stereocenters. The molecule has 1 saturated heterocycles. The third kappa shape index (κ3) is 4.01. The maximum absolute atomic E-state index is 4.94. The molecule has 2 aliphatic heterocycles. The summed E-state index contributed by atoms with van der Waals surface area (Å²) >= 11 is 0. The lowest BCUT2D eigenvalue weighted by Gasteiger charge is -2.44. The zero-order valence-corrected chi connectivity index (χ0v) is 16.0. The average molecular weight is 362 g/mol. The standard InChI is InChI=1S/C21H26N6/c1-17-14-26(15-18-6-4-3-5-7-18)12-13-27(17)21-24-20(9-11-25(21)2)19-8-10-22-16-23-19/h3-10,16-17H,11-15H2,1-2H3/t17-/m1/s1. The van der Waals surface area contributed by atoms with Gasteiger partial charge in [-0.1, -0.05) is 30.3 Å². The van der Waals surface area contributed by atoms with E-state index >= 15 is 0 Å². The molecule has 1 fully saturated rings. The van der Waals surface area contributed by atoms with Crippen LogP contribution in [-0.2, 0) is 6.54 Å². The second kappa shape index (κ2) is 7.88. The highest BCUT2D eigenvalue weighted by atomic mass is 15.4. The van der Waals surface area contributed by atoms with Crippen molar-refractivity contribution in [3.05, 3.63) is 66.3 Å². The highest BCUT2D eigenvalue weighted by Crippen LogP contribution is 2.21. The van der Waals surface area contributed by atoms with Crippen LogP contribution >= 0.6 is 0 Å². The minimum absolute atomic E-state index is 0.411. The molecule has 1 atom stereocenters. The Hall–Kier alpha value is -2.73. The lowest BCUT2D eigenvalue weighted by molar-refractivity contribution is 0.121. The highest BCUT2D eigenvalue weighted by molar-refractivity contribution is 5.88. The number of likely N-dealkylation sites (N-methyl/N-ethyl adjacent to an activating group) is 1. The molecular formula is C21H26N6. The quantitative estimate of drug-likeness (QED) is 0.839. The van der Waals surface area contributed by atoms with Gasteiger partial charge in [-0.25, -0.2) is 15.0 Å². The SMILES string of the molecule is C[C@@H]1CN(Cc2ccccc2)CCN1C1=NC(c2ccncn2)=CCN1C. The Balaban J connectivity index is 1.47. The van der Waals surface area contributed by atoms with E-state index in [1.807, 2.05) is 6.07 Å².